The predicted octanol–water partition coefficient (Wildman–Crippen LogP) is 5.44. The number of rotatable bonds is 3. The Hall–Kier alpha value is -3.26. The molecule has 0 aliphatic heterocycles. The summed E-state index contributed by atoms with van der Waals surface area (Å²) in [5.74, 6) is -0.00516. The van der Waals surface area contributed by atoms with Crippen LogP contribution in [0.2, 0.25) is 0 Å². The van der Waals surface area contributed by atoms with Crippen molar-refractivity contribution in [2.45, 2.75) is 6.92 Å². The lowest BCUT2D eigenvalue weighted by Crippen LogP contribution is -2.05. The normalized spacial score (nSPS) is 10.8. The fourth-order valence-electron chi connectivity index (χ4n) is 3.01. The summed E-state index contributed by atoms with van der Waals surface area (Å²) < 4.78 is 0. The molecule has 4 rings (SSSR count). The summed E-state index contributed by atoms with van der Waals surface area (Å²) >= 11 is 0. The molecule has 2 nitrogen and oxygen atoms in total. The minimum absolute atomic E-state index is 0.00516. The lowest BCUT2D eigenvalue weighted by atomic mass is 9.96. The van der Waals surface area contributed by atoms with Crippen molar-refractivity contribution >= 4 is 16.7 Å². The SMILES string of the molecule is Cc1ccc2cc(C(=O)c3ccccc3)c(-c3ccccc3)nc2c1. The van der Waals surface area contributed by atoms with E-state index < -0.39 is 0 Å². The van der Waals surface area contributed by atoms with Crippen LogP contribution in [0.15, 0.2) is 84.9 Å². The molecule has 0 bridgehead atoms. The van der Waals surface area contributed by atoms with Crippen molar-refractivity contribution in [3.05, 3.63) is 102 Å². The highest BCUT2D eigenvalue weighted by molar-refractivity contribution is 6.13. The Morgan fingerprint density at radius 2 is 1.48 bits per heavy atom. The highest BCUT2D eigenvalue weighted by atomic mass is 16.1. The smallest absolute Gasteiger partial charge is 0.195 e. The van der Waals surface area contributed by atoms with E-state index in [4.69, 9.17) is 4.98 Å². The van der Waals surface area contributed by atoms with Gasteiger partial charge in [-0.15, -0.1) is 0 Å². The van der Waals surface area contributed by atoms with E-state index in [1.54, 1.807) is 0 Å². The van der Waals surface area contributed by atoms with Crippen LogP contribution in [0.5, 0.6) is 0 Å². The Labute approximate surface area is 146 Å². The van der Waals surface area contributed by atoms with Gasteiger partial charge >= 0.3 is 0 Å². The second-order valence-corrected chi connectivity index (χ2v) is 6.14. The summed E-state index contributed by atoms with van der Waals surface area (Å²) in [5.41, 5.74) is 5.05. The largest absolute Gasteiger partial charge is 0.289 e. The van der Waals surface area contributed by atoms with Crippen molar-refractivity contribution in [2.75, 3.05) is 0 Å². The number of aromatic nitrogens is 1. The van der Waals surface area contributed by atoms with Gasteiger partial charge in [0.05, 0.1) is 11.2 Å². The number of nitrogens with zero attached hydrogens (tertiary/aromatic N) is 1. The molecule has 0 radical (unpaired) electrons. The number of carbonyl (C=O) groups excluding carboxylic acids is 1. The number of aryl methyl sites for hydroxylation is 1. The second kappa shape index (κ2) is 6.33. The van der Waals surface area contributed by atoms with Gasteiger partial charge in [-0.3, -0.25) is 4.79 Å². The molecule has 0 fully saturated rings. The maximum absolute atomic E-state index is 13.1. The maximum Gasteiger partial charge on any atom is 0.195 e. The van der Waals surface area contributed by atoms with E-state index in [0.29, 0.717) is 11.1 Å². The van der Waals surface area contributed by atoms with Crippen LogP contribution in [0.1, 0.15) is 21.5 Å². The first-order valence-electron chi connectivity index (χ1n) is 8.29. The number of ketones is 1. The molecule has 4 aromatic rings. The van der Waals surface area contributed by atoms with Gasteiger partial charge in [-0.05, 0) is 24.6 Å². The summed E-state index contributed by atoms with van der Waals surface area (Å²) in [6.07, 6.45) is 0. The molecule has 0 unspecified atom stereocenters. The van der Waals surface area contributed by atoms with Crippen molar-refractivity contribution in [3.8, 4) is 11.3 Å². The molecule has 0 atom stereocenters. The Kier molecular flexibility index (Phi) is 3.87. The molecule has 25 heavy (non-hydrogen) atoms. The van der Waals surface area contributed by atoms with Gasteiger partial charge in [0.15, 0.2) is 5.78 Å². The average molecular weight is 323 g/mol. The zero-order valence-corrected chi connectivity index (χ0v) is 13.9. The van der Waals surface area contributed by atoms with Gasteiger partial charge in [0.25, 0.3) is 0 Å². The van der Waals surface area contributed by atoms with Crippen LogP contribution in [0, 0.1) is 6.92 Å². The Balaban J connectivity index is 1.98. The third-order valence-electron chi connectivity index (χ3n) is 4.30. The topological polar surface area (TPSA) is 30.0 Å². The van der Waals surface area contributed by atoms with Crippen LogP contribution < -0.4 is 0 Å². The predicted molar refractivity (Wildman–Crippen MR) is 102 cm³/mol. The molecule has 0 saturated carbocycles. The monoisotopic (exact) mass is 323 g/mol. The number of pyridine rings is 1. The lowest BCUT2D eigenvalue weighted by molar-refractivity contribution is 0.103. The molecule has 0 aliphatic rings. The highest BCUT2D eigenvalue weighted by Gasteiger charge is 2.17. The summed E-state index contributed by atoms with van der Waals surface area (Å²) in [5, 5.41) is 0.976. The summed E-state index contributed by atoms with van der Waals surface area (Å²) in [4.78, 5) is 17.9. The number of carbonyl (C=O) groups is 1. The van der Waals surface area contributed by atoms with Crippen LogP contribution in [-0.2, 0) is 0 Å². The van der Waals surface area contributed by atoms with Gasteiger partial charge in [0.2, 0.25) is 0 Å². The molecule has 2 heteroatoms. The van der Waals surface area contributed by atoms with E-state index in [-0.39, 0.29) is 5.78 Å². The van der Waals surface area contributed by atoms with Crippen LogP contribution in [0.3, 0.4) is 0 Å². The molecule has 1 heterocycles. The third-order valence-corrected chi connectivity index (χ3v) is 4.30. The molecule has 0 amide bonds. The van der Waals surface area contributed by atoms with E-state index in [2.05, 4.69) is 6.07 Å². The van der Waals surface area contributed by atoms with Crippen molar-refractivity contribution in [3.63, 3.8) is 0 Å². The summed E-state index contributed by atoms with van der Waals surface area (Å²) in [6.45, 7) is 2.05. The van der Waals surface area contributed by atoms with Crippen LogP contribution in [-0.4, -0.2) is 10.8 Å². The molecule has 120 valence electrons. The van der Waals surface area contributed by atoms with Crippen molar-refractivity contribution < 1.29 is 4.79 Å². The first-order valence-corrected chi connectivity index (χ1v) is 8.29. The fourth-order valence-corrected chi connectivity index (χ4v) is 3.01. The Morgan fingerprint density at radius 3 is 2.20 bits per heavy atom. The first-order chi connectivity index (χ1) is 12.2. The van der Waals surface area contributed by atoms with Crippen LogP contribution in [0.25, 0.3) is 22.2 Å². The molecular formula is C23H17NO. The standard InChI is InChI=1S/C23H17NO/c1-16-12-13-19-15-20(23(25)18-10-6-3-7-11-18)22(24-21(19)14-16)17-8-4-2-5-9-17/h2-15H,1H3. The van der Waals surface area contributed by atoms with E-state index in [9.17, 15) is 4.79 Å². The molecule has 1 aromatic heterocycles. The van der Waals surface area contributed by atoms with Crippen molar-refractivity contribution in [2.24, 2.45) is 0 Å². The minimum Gasteiger partial charge on any atom is -0.289 e. The zero-order chi connectivity index (χ0) is 17.2. The van der Waals surface area contributed by atoms with Gasteiger partial charge < -0.3 is 0 Å². The van der Waals surface area contributed by atoms with E-state index in [1.807, 2.05) is 85.8 Å². The highest BCUT2D eigenvalue weighted by Crippen LogP contribution is 2.28. The van der Waals surface area contributed by atoms with Crippen LogP contribution in [0.4, 0.5) is 0 Å². The van der Waals surface area contributed by atoms with Gasteiger partial charge in [-0.1, -0.05) is 72.8 Å². The van der Waals surface area contributed by atoms with Gasteiger partial charge in [0, 0.05) is 22.1 Å². The molecular weight excluding hydrogens is 306 g/mol. The zero-order valence-electron chi connectivity index (χ0n) is 13.9. The number of benzene rings is 3. The van der Waals surface area contributed by atoms with Gasteiger partial charge in [-0.2, -0.15) is 0 Å². The first kappa shape index (κ1) is 15.3. The molecule has 0 spiro atoms. The summed E-state index contributed by atoms with van der Waals surface area (Å²) in [7, 11) is 0. The molecule has 3 aromatic carbocycles. The Bertz CT molecular complexity index is 1050. The second-order valence-electron chi connectivity index (χ2n) is 6.14. The number of fused-ring (bicyclic) bond motifs is 1. The maximum atomic E-state index is 13.1. The van der Waals surface area contributed by atoms with E-state index >= 15 is 0 Å². The Morgan fingerprint density at radius 1 is 0.800 bits per heavy atom. The molecule has 0 saturated heterocycles. The van der Waals surface area contributed by atoms with E-state index in [1.165, 1.54) is 0 Å². The lowest BCUT2D eigenvalue weighted by Gasteiger charge is -2.11. The average Bonchev–Trinajstić information content (AvgIpc) is 2.68. The molecule has 0 N–H and O–H groups in total. The number of hydrogen-bond donors (Lipinski definition) is 0. The van der Waals surface area contributed by atoms with Gasteiger partial charge in [0.1, 0.15) is 0 Å². The van der Waals surface area contributed by atoms with Crippen molar-refractivity contribution in [1.82, 2.24) is 4.98 Å². The third kappa shape index (κ3) is 2.94. The summed E-state index contributed by atoms with van der Waals surface area (Å²) in [6, 6.07) is 27.3. The fraction of sp³-hybridized carbons (Fsp3) is 0.0435. The minimum atomic E-state index is -0.00516. The van der Waals surface area contributed by atoms with Crippen molar-refractivity contribution in [1.29, 1.82) is 0 Å². The van der Waals surface area contributed by atoms with Crippen LogP contribution >= 0.6 is 0 Å². The van der Waals surface area contributed by atoms with Gasteiger partial charge in [-0.25, -0.2) is 4.98 Å². The number of hydrogen-bond acceptors (Lipinski definition) is 2. The molecule has 0 aliphatic carbocycles. The quantitative estimate of drug-likeness (QED) is 0.470. The van der Waals surface area contributed by atoms with E-state index in [0.717, 1.165) is 27.7 Å².